The fourth-order valence-corrected chi connectivity index (χ4v) is 5.01. The van der Waals surface area contributed by atoms with E-state index < -0.39 is 23.8 Å². The van der Waals surface area contributed by atoms with Crippen LogP contribution in [0.1, 0.15) is 36.8 Å². The first-order chi connectivity index (χ1) is 21.2. The van der Waals surface area contributed by atoms with Crippen LogP contribution in [0.15, 0.2) is 108 Å². The highest BCUT2D eigenvalue weighted by Gasteiger charge is 2.31. The maximum atomic E-state index is 13.9. The minimum atomic E-state index is -4.57. The molecule has 1 heterocycles. The number of ether oxygens (including phenoxy) is 1. The number of benzene rings is 4. The van der Waals surface area contributed by atoms with Crippen molar-refractivity contribution in [3.63, 3.8) is 0 Å². The van der Waals surface area contributed by atoms with Crippen molar-refractivity contribution in [2.24, 2.45) is 0 Å². The van der Waals surface area contributed by atoms with Gasteiger partial charge < -0.3 is 15.0 Å². The van der Waals surface area contributed by atoms with Gasteiger partial charge in [0.25, 0.3) is 5.56 Å². The molecule has 1 unspecified atom stereocenters. The Kier molecular flexibility index (Phi) is 8.99. The molecule has 5 rings (SSSR count). The predicted molar refractivity (Wildman–Crippen MR) is 164 cm³/mol. The number of halogens is 3. The van der Waals surface area contributed by atoms with Crippen molar-refractivity contribution in [1.29, 1.82) is 0 Å². The van der Waals surface area contributed by atoms with Gasteiger partial charge >= 0.3 is 12.2 Å². The standard InChI is InChI=1S/C34H31F3N4O3/c1-3-44-28-18-16-27(17-19-28)41-31(39-30-15-8-7-14-29(30)32(41)42)23(2)40(21-20-24-10-5-4-6-11-24)33(43)38-26-13-9-12-25(22-26)34(35,36)37/h4-19,22-23H,3,20-21H2,1-2H3,(H,38,43). The zero-order chi connectivity index (χ0) is 31.3. The van der Waals surface area contributed by atoms with Crippen LogP contribution in [0, 0.1) is 0 Å². The first-order valence-electron chi connectivity index (χ1n) is 14.2. The number of para-hydroxylation sites is 1. The number of hydrogen-bond donors (Lipinski definition) is 1. The van der Waals surface area contributed by atoms with Crippen LogP contribution in [-0.2, 0) is 12.6 Å². The molecule has 0 saturated heterocycles. The lowest BCUT2D eigenvalue weighted by Crippen LogP contribution is -2.41. The summed E-state index contributed by atoms with van der Waals surface area (Å²) in [4.78, 5) is 34.1. The number of hydrogen-bond acceptors (Lipinski definition) is 4. The second-order valence-corrected chi connectivity index (χ2v) is 10.2. The van der Waals surface area contributed by atoms with E-state index in [-0.39, 0.29) is 17.8 Å². The van der Waals surface area contributed by atoms with Crippen molar-refractivity contribution < 1.29 is 22.7 Å². The predicted octanol–water partition coefficient (Wildman–Crippen LogP) is 7.64. The van der Waals surface area contributed by atoms with Crippen LogP contribution in [0.3, 0.4) is 0 Å². The van der Waals surface area contributed by atoms with Crippen LogP contribution in [-0.4, -0.2) is 33.6 Å². The maximum Gasteiger partial charge on any atom is 0.416 e. The Balaban J connectivity index is 1.58. The molecule has 4 aromatic carbocycles. The molecule has 7 nitrogen and oxygen atoms in total. The molecular formula is C34H31F3N4O3. The Morgan fingerprint density at radius 1 is 0.955 bits per heavy atom. The Bertz CT molecular complexity index is 1810. The molecule has 226 valence electrons. The molecule has 1 aromatic heterocycles. The highest BCUT2D eigenvalue weighted by atomic mass is 19.4. The van der Waals surface area contributed by atoms with Gasteiger partial charge in [-0.1, -0.05) is 48.5 Å². The minimum absolute atomic E-state index is 0.00268. The van der Waals surface area contributed by atoms with Crippen molar-refractivity contribution in [1.82, 2.24) is 14.5 Å². The molecule has 0 aliphatic carbocycles. The summed E-state index contributed by atoms with van der Waals surface area (Å²) in [5.41, 5.74) is 0.759. The Morgan fingerprint density at radius 2 is 1.66 bits per heavy atom. The lowest BCUT2D eigenvalue weighted by molar-refractivity contribution is -0.137. The number of amides is 2. The average Bonchev–Trinajstić information content (AvgIpc) is 3.02. The third-order valence-electron chi connectivity index (χ3n) is 7.23. The number of carbonyl (C=O) groups excluding carboxylic acids is 1. The van der Waals surface area contributed by atoms with Crippen molar-refractivity contribution in [2.45, 2.75) is 32.5 Å². The lowest BCUT2D eigenvalue weighted by Gasteiger charge is -2.31. The van der Waals surface area contributed by atoms with Gasteiger partial charge in [0, 0.05) is 12.2 Å². The van der Waals surface area contributed by atoms with Gasteiger partial charge in [0.2, 0.25) is 0 Å². The van der Waals surface area contributed by atoms with Gasteiger partial charge in [-0.05, 0) is 80.4 Å². The molecule has 0 saturated carbocycles. The number of rotatable bonds is 9. The van der Waals surface area contributed by atoms with Gasteiger partial charge in [-0.25, -0.2) is 9.78 Å². The summed E-state index contributed by atoms with van der Waals surface area (Å²) in [6.45, 7) is 4.30. The summed E-state index contributed by atoms with van der Waals surface area (Å²) >= 11 is 0. The van der Waals surface area contributed by atoms with Crippen molar-refractivity contribution in [2.75, 3.05) is 18.5 Å². The molecule has 44 heavy (non-hydrogen) atoms. The quantitative estimate of drug-likeness (QED) is 0.189. The fourth-order valence-electron chi connectivity index (χ4n) is 5.01. The van der Waals surface area contributed by atoms with Crippen LogP contribution in [0.2, 0.25) is 0 Å². The molecular weight excluding hydrogens is 569 g/mol. The molecule has 1 atom stereocenters. The van der Waals surface area contributed by atoms with Gasteiger partial charge in [-0.3, -0.25) is 9.36 Å². The van der Waals surface area contributed by atoms with Crippen LogP contribution in [0.25, 0.3) is 16.6 Å². The van der Waals surface area contributed by atoms with Crippen LogP contribution in [0.5, 0.6) is 5.75 Å². The third kappa shape index (κ3) is 6.75. The monoisotopic (exact) mass is 600 g/mol. The van der Waals surface area contributed by atoms with E-state index in [4.69, 9.17) is 9.72 Å². The van der Waals surface area contributed by atoms with E-state index >= 15 is 0 Å². The second-order valence-electron chi connectivity index (χ2n) is 10.2. The Hall–Kier alpha value is -5.12. The summed E-state index contributed by atoms with van der Waals surface area (Å²) in [5.74, 6) is 0.933. The van der Waals surface area contributed by atoms with Crippen LogP contribution in [0.4, 0.5) is 23.7 Å². The number of fused-ring (bicyclic) bond motifs is 1. The number of aromatic nitrogens is 2. The number of nitrogens with one attached hydrogen (secondary N) is 1. The average molecular weight is 601 g/mol. The number of anilines is 1. The topological polar surface area (TPSA) is 76.5 Å². The first-order valence-corrected chi connectivity index (χ1v) is 14.2. The van der Waals surface area contributed by atoms with E-state index in [0.717, 1.165) is 17.7 Å². The number of alkyl halides is 3. The molecule has 1 N–H and O–H groups in total. The zero-order valence-corrected chi connectivity index (χ0v) is 24.2. The summed E-state index contributed by atoms with van der Waals surface area (Å²) < 4.78 is 47.2. The van der Waals surface area contributed by atoms with Gasteiger partial charge in [0.15, 0.2) is 0 Å². The normalized spacial score (nSPS) is 12.1. The molecule has 0 aliphatic heterocycles. The maximum absolute atomic E-state index is 13.9. The molecule has 2 amide bonds. The lowest BCUT2D eigenvalue weighted by atomic mass is 10.1. The molecule has 0 radical (unpaired) electrons. The number of urea groups is 1. The number of nitrogens with zero attached hydrogens (tertiary/aromatic N) is 3. The van der Waals surface area contributed by atoms with Crippen LogP contribution < -0.4 is 15.6 Å². The zero-order valence-electron chi connectivity index (χ0n) is 24.2. The van der Waals surface area contributed by atoms with Crippen molar-refractivity contribution in [3.8, 4) is 11.4 Å². The molecule has 0 bridgehead atoms. The SMILES string of the molecule is CCOc1ccc(-n2c(C(C)N(CCc3ccccc3)C(=O)Nc3cccc(C(F)(F)F)c3)nc3ccccc3c2=O)cc1. The van der Waals surface area contributed by atoms with E-state index in [1.54, 1.807) is 55.5 Å². The van der Waals surface area contributed by atoms with E-state index in [1.807, 2.05) is 37.3 Å². The number of carbonyl (C=O) groups is 1. The van der Waals surface area contributed by atoms with Crippen LogP contribution >= 0.6 is 0 Å². The fraction of sp³-hybridized carbons (Fsp3) is 0.206. The van der Waals surface area contributed by atoms with E-state index in [2.05, 4.69) is 5.32 Å². The third-order valence-corrected chi connectivity index (χ3v) is 7.23. The van der Waals surface area contributed by atoms with Gasteiger partial charge in [-0.15, -0.1) is 0 Å². The molecule has 0 fully saturated rings. The molecule has 0 spiro atoms. The summed E-state index contributed by atoms with van der Waals surface area (Å²) in [5, 5.41) is 3.03. The summed E-state index contributed by atoms with van der Waals surface area (Å²) in [7, 11) is 0. The van der Waals surface area contributed by atoms with E-state index in [0.29, 0.717) is 41.2 Å². The largest absolute Gasteiger partial charge is 0.494 e. The van der Waals surface area contributed by atoms with Crippen molar-refractivity contribution in [3.05, 3.63) is 130 Å². The Morgan fingerprint density at radius 3 is 2.36 bits per heavy atom. The Labute approximate surface area is 252 Å². The van der Waals surface area contributed by atoms with Crippen molar-refractivity contribution >= 4 is 22.6 Å². The highest BCUT2D eigenvalue weighted by Crippen LogP contribution is 2.31. The van der Waals surface area contributed by atoms with E-state index in [9.17, 15) is 22.8 Å². The summed E-state index contributed by atoms with van der Waals surface area (Å²) in [6, 6.07) is 26.5. The second kappa shape index (κ2) is 13.0. The van der Waals surface area contributed by atoms with Gasteiger partial charge in [-0.2, -0.15) is 13.2 Å². The highest BCUT2D eigenvalue weighted by molar-refractivity contribution is 5.89. The van der Waals surface area contributed by atoms with E-state index in [1.165, 1.54) is 21.6 Å². The van der Waals surface area contributed by atoms with Gasteiger partial charge in [0.05, 0.1) is 34.8 Å². The summed E-state index contributed by atoms with van der Waals surface area (Å²) in [6.07, 6.45) is -4.11. The molecule has 0 aliphatic rings. The minimum Gasteiger partial charge on any atom is -0.494 e. The molecule has 10 heteroatoms. The molecule has 5 aromatic rings. The first kappa shape index (κ1) is 30.3. The van der Waals surface area contributed by atoms with Gasteiger partial charge in [0.1, 0.15) is 11.6 Å². The smallest absolute Gasteiger partial charge is 0.416 e.